The van der Waals surface area contributed by atoms with E-state index in [-0.39, 0.29) is 24.5 Å². The fraction of sp³-hybridized carbons (Fsp3) is 0.417. The lowest BCUT2D eigenvalue weighted by molar-refractivity contribution is -0.116. The second-order valence-corrected chi connectivity index (χ2v) is 8.30. The summed E-state index contributed by atoms with van der Waals surface area (Å²) >= 11 is 0. The molecule has 1 aliphatic rings. The van der Waals surface area contributed by atoms with Gasteiger partial charge in [0, 0.05) is 57.2 Å². The minimum atomic E-state index is -0.257. The van der Waals surface area contributed by atoms with E-state index in [1.165, 1.54) is 10.5 Å². The fourth-order valence-corrected chi connectivity index (χ4v) is 3.61. The molecule has 166 valence electrons. The molecule has 0 aromatic heterocycles. The van der Waals surface area contributed by atoms with Crippen molar-refractivity contribution in [2.24, 2.45) is 0 Å². The van der Waals surface area contributed by atoms with Crippen LogP contribution in [0, 0.1) is 0 Å². The van der Waals surface area contributed by atoms with Gasteiger partial charge in [0.15, 0.2) is 0 Å². The first-order valence-corrected chi connectivity index (χ1v) is 10.8. The van der Waals surface area contributed by atoms with Gasteiger partial charge in [-0.3, -0.25) is 9.69 Å². The molecule has 2 N–H and O–H groups in total. The van der Waals surface area contributed by atoms with Gasteiger partial charge in [0.25, 0.3) is 0 Å². The zero-order valence-electron chi connectivity index (χ0n) is 18.7. The first kappa shape index (κ1) is 22.6. The zero-order chi connectivity index (χ0) is 22.2. The van der Waals surface area contributed by atoms with Crippen LogP contribution in [-0.4, -0.2) is 67.6 Å². The molecule has 2 aromatic rings. The summed E-state index contributed by atoms with van der Waals surface area (Å²) in [5.41, 5.74) is 3.24. The quantitative estimate of drug-likeness (QED) is 0.719. The highest BCUT2D eigenvalue weighted by atomic mass is 16.2. The molecule has 7 heteroatoms. The van der Waals surface area contributed by atoms with E-state index in [0.29, 0.717) is 0 Å². The highest BCUT2D eigenvalue weighted by molar-refractivity contribution is 5.94. The zero-order valence-corrected chi connectivity index (χ0v) is 18.7. The van der Waals surface area contributed by atoms with Gasteiger partial charge in [-0.05, 0) is 43.7 Å². The van der Waals surface area contributed by atoms with Crippen LogP contribution >= 0.6 is 0 Å². The van der Waals surface area contributed by atoms with Crippen molar-refractivity contribution >= 4 is 23.3 Å². The molecular weight excluding hydrogens is 390 g/mol. The molecule has 0 spiro atoms. The van der Waals surface area contributed by atoms with Crippen LogP contribution in [0.1, 0.15) is 19.4 Å². The van der Waals surface area contributed by atoms with Gasteiger partial charge in [-0.15, -0.1) is 0 Å². The monoisotopic (exact) mass is 423 g/mol. The Kier molecular flexibility index (Phi) is 7.89. The topological polar surface area (TPSA) is 67.9 Å². The van der Waals surface area contributed by atoms with E-state index in [0.717, 1.165) is 44.1 Å². The summed E-state index contributed by atoms with van der Waals surface area (Å²) in [6.07, 6.45) is 0. The Balaban J connectivity index is 1.45. The fourth-order valence-electron chi connectivity index (χ4n) is 3.61. The summed E-state index contributed by atoms with van der Waals surface area (Å²) in [4.78, 5) is 30.4. The molecule has 2 aromatic carbocycles. The molecular formula is C24H33N5O2. The summed E-state index contributed by atoms with van der Waals surface area (Å²) in [6.45, 7) is 8.78. The number of rotatable bonds is 7. The Hall–Kier alpha value is -3.06. The smallest absolute Gasteiger partial charge is 0.317 e. The lowest BCUT2D eigenvalue weighted by Gasteiger charge is -2.36. The van der Waals surface area contributed by atoms with Crippen molar-refractivity contribution in [3.8, 4) is 0 Å². The SMILES string of the molecule is CC(C)NC(=O)N(C)CC(=O)Nc1ccc(N2CCN(Cc3ccccc3)CC2)cc1. The highest BCUT2D eigenvalue weighted by Crippen LogP contribution is 2.20. The maximum atomic E-state index is 12.2. The third-order valence-corrected chi connectivity index (χ3v) is 5.28. The van der Waals surface area contributed by atoms with Crippen molar-refractivity contribution in [3.63, 3.8) is 0 Å². The predicted octanol–water partition coefficient (Wildman–Crippen LogP) is 3.00. The number of benzene rings is 2. The normalized spacial score (nSPS) is 14.4. The number of amides is 3. The highest BCUT2D eigenvalue weighted by Gasteiger charge is 2.18. The van der Waals surface area contributed by atoms with Crippen LogP contribution in [0.3, 0.4) is 0 Å². The molecule has 1 fully saturated rings. The molecule has 0 bridgehead atoms. The first-order chi connectivity index (χ1) is 14.9. The summed E-state index contributed by atoms with van der Waals surface area (Å²) in [6, 6.07) is 18.3. The summed E-state index contributed by atoms with van der Waals surface area (Å²) < 4.78 is 0. The third-order valence-electron chi connectivity index (χ3n) is 5.28. The van der Waals surface area contributed by atoms with Gasteiger partial charge in [-0.1, -0.05) is 30.3 Å². The molecule has 3 rings (SSSR count). The van der Waals surface area contributed by atoms with Crippen molar-refractivity contribution < 1.29 is 9.59 Å². The standard InChI is InChI=1S/C24H33N5O2/c1-19(2)25-24(31)27(3)18-23(30)26-21-9-11-22(12-10-21)29-15-13-28(14-16-29)17-20-7-5-4-6-8-20/h4-12,19H,13-18H2,1-3H3,(H,25,31)(H,26,30). The maximum absolute atomic E-state index is 12.2. The van der Waals surface area contributed by atoms with E-state index in [4.69, 9.17) is 0 Å². The van der Waals surface area contributed by atoms with E-state index >= 15 is 0 Å². The number of anilines is 2. The van der Waals surface area contributed by atoms with Crippen LogP contribution in [0.4, 0.5) is 16.2 Å². The van der Waals surface area contributed by atoms with Crippen molar-refractivity contribution in [2.45, 2.75) is 26.4 Å². The molecule has 1 aliphatic heterocycles. The van der Waals surface area contributed by atoms with Crippen LogP contribution in [0.25, 0.3) is 0 Å². The number of hydrogen-bond donors (Lipinski definition) is 2. The largest absolute Gasteiger partial charge is 0.369 e. The lowest BCUT2D eigenvalue weighted by Crippen LogP contribution is -2.45. The van der Waals surface area contributed by atoms with Gasteiger partial charge >= 0.3 is 6.03 Å². The molecule has 3 amide bonds. The number of urea groups is 1. The van der Waals surface area contributed by atoms with Crippen LogP contribution in [0.2, 0.25) is 0 Å². The maximum Gasteiger partial charge on any atom is 0.317 e. The number of hydrogen-bond acceptors (Lipinski definition) is 4. The van der Waals surface area contributed by atoms with Gasteiger partial charge in [0.1, 0.15) is 6.54 Å². The Bertz CT molecular complexity index is 846. The van der Waals surface area contributed by atoms with E-state index < -0.39 is 0 Å². The predicted molar refractivity (Wildman–Crippen MR) is 125 cm³/mol. The van der Waals surface area contributed by atoms with E-state index in [1.54, 1.807) is 7.05 Å². The van der Waals surface area contributed by atoms with E-state index in [9.17, 15) is 9.59 Å². The second-order valence-electron chi connectivity index (χ2n) is 8.30. The molecule has 1 heterocycles. The van der Waals surface area contributed by atoms with E-state index in [1.807, 2.05) is 38.1 Å². The molecule has 0 aliphatic carbocycles. The van der Waals surface area contributed by atoms with Crippen molar-refractivity contribution in [1.82, 2.24) is 15.1 Å². The van der Waals surface area contributed by atoms with Crippen LogP contribution in [-0.2, 0) is 11.3 Å². The van der Waals surface area contributed by atoms with E-state index in [2.05, 4.69) is 50.8 Å². The van der Waals surface area contributed by atoms with Crippen molar-refractivity contribution in [3.05, 3.63) is 60.2 Å². The van der Waals surface area contributed by atoms with Gasteiger partial charge in [-0.2, -0.15) is 0 Å². The molecule has 7 nitrogen and oxygen atoms in total. The van der Waals surface area contributed by atoms with Gasteiger partial charge < -0.3 is 20.4 Å². The molecule has 0 unspecified atom stereocenters. The first-order valence-electron chi connectivity index (χ1n) is 10.8. The number of carbonyl (C=O) groups is 2. The summed E-state index contributed by atoms with van der Waals surface area (Å²) in [5.74, 6) is -0.219. The molecule has 0 atom stereocenters. The number of nitrogens with one attached hydrogen (secondary N) is 2. The molecule has 0 saturated carbocycles. The van der Waals surface area contributed by atoms with Gasteiger partial charge in [0.2, 0.25) is 5.91 Å². The Morgan fingerprint density at radius 1 is 0.968 bits per heavy atom. The second kappa shape index (κ2) is 10.8. The van der Waals surface area contributed by atoms with Crippen molar-refractivity contribution in [2.75, 3.05) is 50.0 Å². The van der Waals surface area contributed by atoms with Crippen molar-refractivity contribution in [1.29, 1.82) is 0 Å². The Morgan fingerprint density at radius 3 is 2.23 bits per heavy atom. The average Bonchev–Trinajstić information content (AvgIpc) is 2.75. The van der Waals surface area contributed by atoms with Gasteiger partial charge in [0.05, 0.1) is 0 Å². The van der Waals surface area contributed by atoms with Crippen LogP contribution in [0.15, 0.2) is 54.6 Å². The number of nitrogens with zero attached hydrogens (tertiary/aromatic N) is 3. The molecule has 0 radical (unpaired) electrons. The average molecular weight is 424 g/mol. The van der Waals surface area contributed by atoms with Gasteiger partial charge in [-0.25, -0.2) is 4.79 Å². The number of piperazine rings is 1. The summed E-state index contributed by atoms with van der Waals surface area (Å²) in [7, 11) is 1.61. The summed E-state index contributed by atoms with van der Waals surface area (Å²) in [5, 5.41) is 5.63. The Morgan fingerprint density at radius 2 is 1.61 bits per heavy atom. The molecule has 31 heavy (non-hydrogen) atoms. The Labute approximate surface area is 185 Å². The van der Waals surface area contributed by atoms with Crippen LogP contribution < -0.4 is 15.5 Å². The third kappa shape index (κ3) is 7.00. The minimum absolute atomic E-state index is 0.00365. The minimum Gasteiger partial charge on any atom is -0.369 e. The molecule has 1 saturated heterocycles. The number of likely N-dealkylation sites (N-methyl/N-ethyl adjacent to an activating group) is 1. The van der Waals surface area contributed by atoms with Crippen LogP contribution in [0.5, 0.6) is 0 Å². The number of carbonyl (C=O) groups excluding carboxylic acids is 2. The lowest BCUT2D eigenvalue weighted by atomic mass is 10.2.